The maximum absolute atomic E-state index is 12.0. The third-order valence-electron chi connectivity index (χ3n) is 2.56. The number of benzene rings is 1. The molecule has 0 radical (unpaired) electrons. The predicted molar refractivity (Wildman–Crippen MR) is 80.8 cm³/mol. The van der Waals surface area contributed by atoms with Gasteiger partial charge in [0, 0.05) is 19.2 Å². The molecule has 0 spiro atoms. The highest BCUT2D eigenvalue weighted by Crippen LogP contribution is 2.22. The van der Waals surface area contributed by atoms with Crippen molar-refractivity contribution < 1.29 is 21.6 Å². The van der Waals surface area contributed by atoms with Crippen LogP contribution in [0.25, 0.3) is 0 Å². The molecule has 1 amide bonds. The van der Waals surface area contributed by atoms with E-state index in [1.165, 1.54) is 12.1 Å². The summed E-state index contributed by atoms with van der Waals surface area (Å²) in [5.74, 6) is -1.09. The van der Waals surface area contributed by atoms with E-state index < -0.39 is 25.6 Å². The molecule has 0 aliphatic rings. The number of carbonyl (C=O) groups is 1. The summed E-state index contributed by atoms with van der Waals surface area (Å²) in [4.78, 5) is 11.5. The van der Waals surface area contributed by atoms with Crippen LogP contribution in [0.5, 0.6) is 0 Å². The van der Waals surface area contributed by atoms with Gasteiger partial charge in [-0.2, -0.15) is 0 Å². The Morgan fingerprint density at radius 1 is 1.14 bits per heavy atom. The minimum atomic E-state index is -3.65. The fraction of sp³-hybridized carbons (Fsp3) is 0.417. The first-order chi connectivity index (χ1) is 9.62. The predicted octanol–water partition coefficient (Wildman–Crippen LogP) is 0.665. The molecule has 0 atom stereocenters. The van der Waals surface area contributed by atoms with Crippen molar-refractivity contribution in [2.24, 2.45) is 0 Å². The van der Waals surface area contributed by atoms with Crippen molar-refractivity contribution in [1.29, 1.82) is 0 Å². The van der Waals surface area contributed by atoms with E-state index in [-0.39, 0.29) is 34.4 Å². The van der Waals surface area contributed by atoms with E-state index in [1.807, 2.05) is 0 Å². The van der Waals surface area contributed by atoms with Crippen LogP contribution in [0, 0.1) is 0 Å². The lowest BCUT2D eigenvalue weighted by atomic mass is 10.4. The molecule has 0 aromatic heterocycles. The van der Waals surface area contributed by atoms with Crippen molar-refractivity contribution in [3.05, 3.63) is 29.3 Å². The first kappa shape index (κ1) is 17.9. The number of rotatable bonds is 7. The molecule has 6 nitrogen and oxygen atoms in total. The number of amides is 1. The SMILES string of the molecule is CS(=O)(=O)CCNC(=O)CCS(=O)(=O)c1ccccc1Cl. The van der Waals surface area contributed by atoms with Gasteiger partial charge < -0.3 is 5.32 Å². The molecule has 21 heavy (non-hydrogen) atoms. The lowest BCUT2D eigenvalue weighted by molar-refractivity contribution is -0.120. The number of halogens is 1. The highest BCUT2D eigenvalue weighted by atomic mass is 35.5. The number of sulfone groups is 2. The summed E-state index contributed by atoms with van der Waals surface area (Å²) in [6.45, 7) is -0.0379. The van der Waals surface area contributed by atoms with E-state index >= 15 is 0 Å². The third kappa shape index (κ3) is 6.45. The largest absolute Gasteiger partial charge is 0.355 e. The quantitative estimate of drug-likeness (QED) is 0.776. The van der Waals surface area contributed by atoms with E-state index in [0.29, 0.717) is 0 Å². The molecule has 1 aromatic rings. The molecular formula is C12H16ClNO5S2. The van der Waals surface area contributed by atoms with Crippen LogP contribution in [-0.2, 0) is 24.5 Å². The topological polar surface area (TPSA) is 97.4 Å². The van der Waals surface area contributed by atoms with Crippen LogP contribution in [0.1, 0.15) is 6.42 Å². The van der Waals surface area contributed by atoms with Crippen LogP contribution >= 0.6 is 11.6 Å². The highest BCUT2D eigenvalue weighted by molar-refractivity contribution is 7.91. The Morgan fingerprint density at radius 2 is 1.76 bits per heavy atom. The molecule has 1 N–H and O–H groups in total. The minimum Gasteiger partial charge on any atom is -0.355 e. The molecule has 9 heteroatoms. The van der Waals surface area contributed by atoms with Gasteiger partial charge in [-0.25, -0.2) is 16.8 Å². The van der Waals surface area contributed by atoms with E-state index in [0.717, 1.165) is 6.26 Å². The van der Waals surface area contributed by atoms with Gasteiger partial charge in [-0.15, -0.1) is 0 Å². The Hall–Kier alpha value is -1.12. The summed E-state index contributed by atoms with van der Waals surface area (Å²) >= 11 is 5.81. The summed E-state index contributed by atoms with van der Waals surface area (Å²) < 4.78 is 45.8. The van der Waals surface area contributed by atoms with Crippen LogP contribution in [0.4, 0.5) is 0 Å². The molecule has 118 valence electrons. The number of hydrogen-bond acceptors (Lipinski definition) is 5. The molecule has 0 aliphatic carbocycles. The maximum Gasteiger partial charge on any atom is 0.221 e. The molecule has 1 aromatic carbocycles. The third-order valence-corrected chi connectivity index (χ3v) is 5.72. The van der Waals surface area contributed by atoms with E-state index in [4.69, 9.17) is 11.6 Å². The molecule has 0 saturated carbocycles. The van der Waals surface area contributed by atoms with Crippen molar-refractivity contribution in [3.63, 3.8) is 0 Å². The Kier molecular flexibility index (Phi) is 6.18. The van der Waals surface area contributed by atoms with Crippen LogP contribution in [0.3, 0.4) is 0 Å². The van der Waals surface area contributed by atoms with Gasteiger partial charge in [0.15, 0.2) is 9.84 Å². The van der Waals surface area contributed by atoms with Crippen LogP contribution < -0.4 is 5.32 Å². The standard InChI is InChI=1S/C12H16ClNO5S2/c1-20(16,17)9-7-14-12(15)6-8-21(18,19)11-5-3-2-4-10(11)13/h2-5H,6-9H2,1H3,(H,14,15). The summed E-state index contributed by atoms with van der Waals surface area (Å²) in [6, 6.07) is 5.99. The van der Waals surface area contributed by atoms with Gasteiger partial charge in [-0.1, -0.05) is 23.7 Å². The molecule has 0 bridgehead atoms. The smallest absolute Gasteiger partial charge is 0.221 e. The summed E-state index contributed by atoms with van der Waals surface area (Å²) in [6.07, 6.45) is 0.804. The fourth-order valence-electron chi connectivity index (χ4n) is 1.50. The first-order valence-corrected chi connectivity index (χ1v) is 10.1. The minimum absolute atomic E-state index is 0.0180. The van der Waals surface area contributed by atoms with Gasteiger partial charge in [0.1, 0.15) is 9.84 Å². The Balaban J connectivity index is 2.55. The van der Waals surface area contributed by atoms with Crippen LogP contribution in [-0.4, -0.2) is 47.0 Å². The van der Waals surface area contributed by atoms with E-state index in [1.54, 1.807) is 12.1 Å². The van der Waals surface area contributed by atoms with Crippen molar-refractivity contribution in [3.8, 4) is 0 Å². The summed E-state index contributed by atoms with van der Waals surface area (Å²) in [5.41, 5.74) is 0. The second-order valence-corrected chi connectivity index (χ2v) is 9.22. The zero-order valence-corrected chi connectivity index (χ0v) is 13.8. The normalized spacial score (nSPS) is 12.1. The highest BCUT2D eigenvalue weighted by Gasteiger charge is 2.19. The second kappa shape index (κ2) is 7.24. The molecule has 1 rings (SSSR count). The number of carbonyl (C=O) groups excluding carboxylic acids is 1. The van der Waals surface area contributed by atoms with Crippen molar-refractivity contribution >= 4 is 37.2 Å². The fourth-order valence-corrected chi connectivity index (χ4v) is 3.78. The molecule has 0 heterocycles. The zero-order valence-electron chi connectivity index (χ0n) is 11.4. The monoisotopic (exact) mass is 353 g/mol. The number of hydrogen-bond donors (Lipinski definition) is 1. The van der Waals surface area contributed by atoms with Gasteiger partial charge >= 0.3 is 0 Å². The average molecular weight is 354 g/mol. The Morgan fingerprint density at radius 3 is 2.33 bits per heavy atom. The first-order valence-electron chi connectivity index (χ1n) is 6.03. The van der Waals surface area contributed by atoms with Crippen LogP contribution in [0.15, 0.2) is 29.2 Å². The molecular weight excluding hydrogens is 338 g/mol. The van der Waals surface area contributed by atoms with Gasteiger partial charge in [0.2, 0.25) is 5.91 Å². The molecule has 0 fully saturated rings. The van der Waals surface area contributed by atoms with Crippen molar-refractivity contribution in [2.45, 2.75) is 11.3 Å². The van der Waals surface area contributed by atoms with Gasteiger partial charge in [-0.3, -0.25) is 4.79 Å². The molecule has 0 unspecified atom stereocenters. The lowest BCUT2D eigenvalue weighted by Gasteiger charge is -2.07. The second-order valence-electron chi connectivity index (χ2n) is 4.48. The van der Waals surface area contributed by atoms with Crippen molar-refractivity contribution in [1.82, 2.24) is 5.32 Å². The average Bonchev–Trinajstić information content (AvgIpc) is 2.35. The van der Waals surface area contributed by atoms with Gasteiger partial charge in [-0.05, 0) is 12.1 Å². The molecule has 0 aliphatic heterocycles. The van der Waals surface area contributed by atoms with E-state index in [2.05, 4.69) is 5.32 Å². The van der Waals surface area contributed by atoms with Gasteiger partial charge in [0.25, 0.3) is 0 Å². The number of nitrogens with one attached hydrogen (secondary N) is 1. The summed E-state index contributed by atoms with van der Waals surface area (Å²) in [7, 11) is -6.81. The van der Waals surface area contributed by atoms with Crippen LogP contribution in [0.2, 0.25) is 5.02 Å². The zero-order chi connectivity index (χ0) is 16.1. The Bertz CT molecular complexity index is 713. The lowest BCUT2D eigenvalue weighted by Crippen LogP contribution is -2.30. The molecule has 0 saturated heterocycles. The Labute approximate surface area is 129 Å². The summed E-state index contributed by atoms with van der Waals surface area (Å²) in [5, 5.41) is 2.47. The van der Waals surface area contributed by atoms with Crippen molar-refractivity contribution in [2.75, 3.05) is 24.3 Å². The van der Waals surface area contributed by atoms with E-state index in [9.17, 15) is 21.6 Å². The van der Waals surface area contributed by atoms with Gasteiger partial charge in [0.05, 0.1) is 21.4 Å². The maximum atomic E-state index is 12.0.